The number of fused-ring (bicyclic) bond motifs is 1. The Hall–Kier alpha value is -2.09. The van der Waals surface area contributed by atoms with Crippen molar-refractivity contribution in [2.24, 2.45) is 5.92 Å². The minimum atomic E-state index is 0.153. The Morgan fingerprint density at radius 3 is 2.75 bits per heavy atom. The molecule has 1 amide bonds. The molecule has 2 heteroatoms. The summed E-state index contributed by atoms with van der Waals surface area (Å²) in [7, 11) is 0. The number of carbonyl (C=O) groups excluding carboxylic acids is 1. The van der Waals surface area contributed by atoms with Crippen molar-refractivity contribution in [3.05, 3.63) is 60.2 Å². The zero-order valence-corrected chi connectivity index (χ0v) is 11.5. The van der Waals surface area contributed by atoms with Crippen molar-refractivity contribution in [3.63, 3.8) is 0 Å². The van der Waals surface area contributed by atoms with Crippen LogP contribution < -0.4 is 5.32 Å². The van der Waals surface area contributed by atoms with Crippen molar-refractivity contribution >= 4 is 16.7 Å². The number of allylic oxidation sites excluding steroid dienone is 2. The first-order chi connectivity index (χ1) is 9.83. The van der Waals surface area contributed by atoms with Crippen molar-refractivity contribution in [3.8, 4) is 0 Å². The van der Waals surface area contributed by atoms with E-state index in [0.717, 1.165) is 24.8 Å². The molecule has 0 bridgehead atoms. The SMILES string of the molecule is O=C(NCc1ccc2ccccc2c1)C1CC=CCC1. The molecule has 20 heavy (non-hydrogen) atoms. The summed E-state index contributed by atoms with van der Waals surface area (Å²) >= 11 is 0. The third-order valence-corrected chi connectivity index (χ3v) is 3.92. The summed E-state index contributed by atoms with van der Waals surface area (Å²) in [5.74, 6) is 0.336. The molecule has 2 nitrogen and oxygen atoms in total. The van der Waals surface area contributed by atoms with Gasteiger partial charge in [0.15, 0.2) is 0 Å². The van der Waals surface area contributed by atoms with Crippen LogP contribution in [-0.4, -0.2) is 5.91 Å². The fourth-order valence-electron chi connectivity index (χ4n) is 2.71. The summed E-state index contributed by atoms with van der Waals surface area (Å²) in [6.45, 7) is 0.615. The van der Waals surface area contributed by atoms with Crippen molar-refractivity contribution < 1.29 is 4.79 Å². The number of benzene rings is 2. The Bertz CT molecular complexity index is 645. The lowest BCUT2D eigenvalue weighted by Gasteiger charge is -2.17. The van der Waals surface area contributed by atoms with Crippen LogP contribution in [0.2, 0.25) is 0 Å². The van der Waals surface area contributed by atoms with E-state index in [1.807, 2.05) is 12.1 Å². The Balaban J connectivity index is 1.64. The van der Waals surface area contributed by atoms with Gasteiger partial charge in [0.1, 0.15) is 0 Å². The summed E-state index contributed by atoms with van der Waals surface area (Å²) in [4.78, 5) is 12.1. The third kappa shape index (κ3) is 2.90. The van der Waals surface area contributed by atoms with Crippen LogP contribution in [0.25, 0.3) is 10.8 Å². The quantitative estimate of drug-likeness (QED) is 0.840. The minimum Gasteiger partial charge on any atom is -0.352 e. The van der Waals surface area contributed by atoms with Gasteiger partial charge in [-0.25, -0.2) is 0 Å². The molecule has 0 saturated heterocycles. The topological polar surface area (TPSA) is 29.1 Å². The predicted octanol–water partition coefficient (Wildman–Crippen LogP) is 3.81. The monoisotopic (exact) mass is 265 g/mol. The molecule has 0 spiro atoms. The van der Waals surface area contributed by atoms with Gasteiger partial charge in [-0.15, -0.1) is 0 Å². The molecular weight excluding hydrogens is 246 g/mol. The van der Waals surface area contributed by atoms with Crippen molar-refractivity contribution in [1.82, 2.24) is 5.32 Å². The average Bonchev–Trinajstić information content (AvgIpc) is 2.53. The van der Waals surface area contributed by atoms with E-state index < -0.39 is 0 Å². The second-order valence-electron chi connectivity index (χ2n) is 5.38. The average molecular weight is 265 g/mol. The predicted molar refractivity (Wildman–Crippen MR) is 82.3 cm³/mol. The van der Waals surface area contributed by atoms with Gasteiger partial charge in [0.2, 0.25) is 5.91 Å². The van der Waals surface area contributed by atoms with Crippen LogP contribution in [0.4, 0.5) is 0 Å². The molecule has 1 aliphatic carbocycles. The molecule has 0 saturated carbocycles. The van der Waals surface area contributed by atoms with Crippen molar-refractivity contribution in [1.29, 1.82) is 0 Å². The number of hydrogen-bond acceptors (Lipinski definition) is 1. The molecule has 1 aliphatic rings. The third-order valence-electron chi connectivity index (χ3n) is 3.92. The van der Waals surface area contributed by atoms with Gasteiger partial charge in [-0.2, -0.15) is 0 Å². The van der Waals surface area contributed by atoms with Crippen LogP contribution >= 0.6 is 0 Å². The Morgan fingerprint density at radius 2 is 1.95 bits per heavy atom. The Morgan fingerprint density at radius 1 is 1.10 bits per heavy atom. The summed E-state index contributed by atoms with van der Waals surface area (Å²) in [6, 6.07) is 14.6. The van der Waals surface area contributed by atoms with Crippen molar-refractivity contribution in [2.75, 3.05) is 0 Å². The standard InChI is InChI=1S/C18H19NO/c20-18(16-7-2-1-3-8-16)19-13-14-10-11-15-6-4-5-9-17(15)12-14/h1-2,4-6,9-12,16H,3,7-8,13H2,(H,19,20). The highest BCUT2D eigenvalue weighted by Crippen LogP contribution is 2.19. The molecule has 1 N–H and O–H groups in total. The lowest BCUT2D eigenvalue weighted by Crippen LogP contribution is -2.30. The summed E-state index contributed by atoms with van der Waals surface area (Å²) < 4.78 is 0. The van der Waals surface area contributed by atoms with E-state index in [2.05, 4.69) is 47.8 Å². The minimum absolute atomic E-state index is 0.153. The smallest absolute Gasteiger partial charge is 0.223 e. The first-order valence-corrected chi connectivity index (χ1v) is 7.23. The number of nitrogens with one attached hydrogen (secondary N) is 1. The molecule has 1 atom stereocenters. The molecular formula is C18H19NO. The van der Waals surface area contributed by atoms with Gasteiger partial charge in [-0.1, -0.05) is 48.6 Å². The van der Waals surface area contributed by atoms with E-state index in [1.54, 1.807) is 0 Å². The van der Waals surface area contributed by atoms with E-state index in [4.69, 9.17) is 0 Å². The Labute approximate surface area is 119 Å². The molecule has 0 aromatic heterocycles. The maximum atomic E-state index is 12.1. The molecule has 0 heterocycles. The van der Waals surface area contributed by atoms with Crippen LogP contribution in [0.15, 0.2) is 54.6 Å². The highest BCUT2D eigenvalue weighted by atomic mass is 16.1. The molecule has 0 radical (unpaired) electrons. The van der Waals surface area contributed by atoms with Gasteiger partial charge in [0, 0.05) is 12.5 Å². The van der Waals surface area contributed by atoms with E-state index in [0.29, 0.717) is 6.54 Å². The van der Waals surface area contributed by atoms with E-state index in [1.165, 1.54) is 10.8 Å². The van der Waals surface area contributed by atoms with Crippen LogP contribution in [-0.2, 0) is 11.3 Å². The van der Waals surface area contributed by atoms with Gasteiger partial charge in [-0.05, 0) is 41.7 Å². The number of carbonyl (C=O) groups is 1. The van der Waals surface area contributed by atoms with Gasteiger partial charge in [-0.3, -0.25) is 4.79 Å². The van der Waals surface area contributed by atoms with Crippen LogP contribution in [0.5, 0.6) is 0 Å². The maximum absolute atomic E-state index is 12.1. The van der Waals surface area contributed by atoms with E-state index in [-0.39, 0.29) is 11.8 Å². The fraction of sp³-hybridized carbons (Fsp3) is 0.278. The maximum Gasteiger partial charge on any atom is 0.223 e. The Kier molecular flexibility index (Phi) is 3.82. The molecule has 3 rings (SSSR count). The molecule has 102 valence electrons. The lowest BCUT2D eigenvalue weighted by atomic mass is 9.93. The van der Waals surface area contributed by atoms with Crippen LogP contribution in [0.3, 0.4) is 0 Å². The van der Waals surface area contributed by atoms with E-state index >= 15 is 0 Å². The zero-order valence-electron chi connectivity index (χ0n) is 11.5. The van der Waals surface area contributed by atoms with Gasteiger partial charge in [0.25, 0.3) is 0 Å². The first-order valence-electron chi connectivity index (χ1n) is 7.23. The molecule has 0 aliphatic heterocycles. The molecule has 0 fully saturated rings. The molecule has 2 aromatic carbocycles. The van der Waals surface area contributed by atoms with Gasteiger partial charge >= 0.3 is 0 Å². The summed E-state index contributed by atoms with van der Waals surface area (Å²) in [5.41, 5.74) is 1.16. The molecule has 1 unspecified atom stereocenters. The van der Waals surface area contributed by atoms with E-state index in [9.17, 15) is 4.79 Å². The molecule has 2 aromatic rings. The normalized spacial score (nSPS) is 18.1. The van der Waals surface area contributed by atoms with Crippen LogP contribution in [0.1, 0.15) is 24.8 Å². The number of rotatable bonds is 3. The fourth-order valence-corrected chi connectivity index (χ4v) is 2.71. The number of hydrogen-bond donors (Lipinski definition) is 1. The first kappa shape index (κ1) is 12.9. The van der Waals surface area contributed by atoms with Gasteiger partial charge in [0.05, 0.1) is 0 Å². The highest BCUT2D eigenvalue weighted by Gasteiger charge is 2.17. The summed E-state index contributed by atoms with van der Waals surface area (Å²) in [5, 5.41) is 5.52. The highest BCUT2D eigenvalue weighted by molar-refractivity contribution is 5.83. The largest absolute Gasteiger partial charge is 0.352 e. The second kappa shape index (κ2) is 5.91. The van der Waals surface area contributed by atoms with Crippen LogP contribution in [0, 0.1) is 5.92 Å². The second-order valence-corrected chi connectivity index (χ2v) is 5.38. The van der Waals surface area contributed by atoms with Crippen molar-refractivity contribution in [2.45, 2.75) is 25.8 Å². The van der Waals surface area contributed by atoms with Gasteiger partial charge < -0.3 is 5.32 Å². The lowest BCUT2D eigenvalue weighted by molar-refractivity contribution is -0.125. The zero-order chi connectivity index (χ0) is 13.8. The summed E-state index contributed by atoms with van der Waals surface area (Å²) in [6.07, 6.45) is 7.15. The number of amides is 1.